The van der Waals surface area contributed by atoms with Gasteiger partial charge in [-0.05, 0) is 43.9 Å². The molecule has 2 rings (SSSR count). The molecule has 0 bridgehead atoms. The minimum Gasteiger partial charge on any atom is -0.480 e. The van der Waals surface area contributed by atoms with Crippen LogP contribution in [-0.4, -0.2) is 32.8 Å². The molecule has 128 valence electrons. The van der Waals surface area contributed by atoms with Gasteiger partial charge in [-0.3, -0.25) is 4.79 Å². The maximum atomic E-state index is 12.4. The zero-order valence-corrected chi connectivity index (χ0v) is 14.4. The molecule has 1 unspecified atom stereocenters. The second-order valence-electron chi connectivity index (χ2n) is 6.39. The summed E-state index contributed by atoms with van der Waals surface area (Å²) in [7, 11) is 0. The summed E-state index contributed by atoms with van der Waals surface area (Å²) >= 11 is 0. The average Bonchev–Trinajstić information content (AvgIpc) is 2.87. The topological polar surface area (TPSA) is 84.2 Å². The van der Waals surface area contributed by atoms with Crippen molar-refractivity contribution >= 4 is 11.9 Å². The van der Waals surface area contributed by atoms with Gasteiger partial charge in [-0.15, -0.1) is 0 Å². The second kappa shape index (κ2) is 7.29. The quantitative estimate of drug-likeness (QED) is 0.853. The largest absolute Gasteiger partial charge is 0.480 e. The van der Waals surface area contributed by atoms with Crippen LogP contribution in [0.2, 0.25) is 0 Å². The SMILES string of the molecule is Cc1cccc(-n2ncc(C(=O)NC(CC(C)C)C(=O)O)c2C)c1. The Kier molecular flexibility index (Phi) is 5.39. The molecule has 1 atom stereocenters. The van der Waals surface area contributed by atoms with Crippen LogP contribution in [0.4, 0.5) is 0 Å². The van der Waals surface area contributed by atoms with Gasteiger partial charge < -0.3 is 10.4 Å². The van der Waals surface area contributed by atoms with E-state index < -0.39 is 17.9 Å². The third kappa shape index (κ3) is 4.01. The number of carbonyl (C=O) groups is 2. The Morgan fingerprint density at radius 2 is 2.00 bits per heavy atom. The van der Waals surface area contributed by atoms with Gasteiger partial charge in [0.2, 0.25) is 0 Å². The van der Waals surface area contributed by atoms with E-state index in [-0.39, 0.29) is 5.92 Å². The highest BCUT2D eigenvalue weighted by atomic mass is 16.4. The molecule has 6 heteroatoms. The lowest BCUT2D eigenvalue weighted by atomic mass is 10.0. The Morgan fingerprint density at radius 3 is 2.58 bits per heavy atom. The fourth-order valence-corrected chi connectivity index (χ4v) is 2.58. The number of carbonyl (C=O) groups excluding carboxylic acids is 1. The van der Waals surface area contributed by atoms with E-state index in [1.807, 2.05) is 45.0 Å². The summed E-state index contributed by atoms with van der Waals surface area (Å²) in [6.07, 6.45) is 1.85. The van der Waals surface area contributed by atoms with E-state index >= 15 is 0 Å². The molecule has 0 saturated heterocycles. The van der Waals surface area contributed by atoms with Crippen molar-refractivity contribution in [1.29, 1.82) is 0 Å². The van der Waals surface area contributed by atoms with Crippen LogP contribution in [0.3, 0.4) is 0 Å². The van der Waals surface area contributed by atoms with Gasteiger partial charge in [-0.2, -0.15) is 5.10 Å². The van der Waals surface area contributed by atoms with E-state index in [1.165, 1.54) is 6.20 Å². The molecule has 2 aromatic rings. The highest BCUT2D eigenvalue weighted by molar-refractivity contribution is 5.97. The Hall–Kier alpha value is -2.63. The zero-order chi connectivity index (χ0) is 17.9. The highest BCUT2D eigenvalue weighted by Crippen LogP contribution is 2.16. The van der Waals surface area contributed by atoms with Crippen LogP contribution in [0.5, 0.6) is 0 Å². The molecule has 2 N–H and O–H groups in total. The van der Waals surface area contributed by atoms with E-state index in [2.05, 4.69) is 10.4 Å². The van der Waals surface area contributed by atoms with Gasteiger partial charge in [0.05, 0.1) is 23.1 Å². The molecule has 1 heterocycles. The molecular formula is C18H23N3O3. The molecule has 0 aliphatic rings. The minimum absolute atomic E-state index is 0.169. The van der Waals surface area contributed by atoms with Crippen molar-refractivity contribution in [2.45, 2.75) is 40.2 Å². The predicted octanol–water partition coefficient (Wildman–Crippen LogP) is 2.72. The standard InChI is InChI=1S/C18H23N3O3/c1-11(2)8-16(18(23)24)20-17(22)15-10-19-21(13(15)4)14-7-5-6-12(3)9-14/h5-7,9-11,16H,8H2,1-4H3,(H,20,22)(H,23,24). The number of rotatable bonds is 6. The van der Waals surface area contributed by atoms with Gasteiger partial charge in [0, 0.05) is 0 Å². The normalized spacial score (nSPS) is 12.2. The van der Waals surface area contributed by atoms with Crippen molar-refractivity contribution in [1.82, 2.24) is 15.1 Å². The van der Waals surface area contributed by atoms with Crippen LogP contribution in [0.1, 0.15) is 41.9 Å². The van der Waals surface area contributed by atoms with Crippen LogP contribution in [0, 0.1) is 19.8 Å². The van der Waals surface area contributed by atoms with Gasteiger partial charge in [-0.25, -0.2) is 9.48 Å². The third-order valence-electron chi connectivity index (χ3n) is 3.81. The molecule has 0 fully saturated rings. The number of aromatic nitrogens is 2. The third-order valence-corrected chi connectivity index (χ3v) is 3.81. The predicted molar refractivity (Wildman–Crippen MR) is 91.4 cm³/mol. The van der Waals surface area contributed by atoms with Crippen LogP contribution in [0.15, 0.2) is 30.5 Å². The number of aliphatic carboxylic acids is 1. The smallest absolute Gasteiger partial charge is 0.326 e. The molecular weight excluding hydrogens is 306 g/mol. The Bertz CT molecular complexity index is 750. The average molecular weight is 329 g/mol. The minimum atomic E-state index is -1.03. The van der Waals surface area contributed by atoms with Crippen molar-refractivity contribution in [3.05, 3.63) is 47.3 Å². The van der Waals surface area contributed by atoms with Gasteiger partial charge in [0.15, 0.2) is 0 Å². The number of aryl methyl sites for hydroxylation is 1. The van der Waals surface area contributed by atoms with Crippen molar-refractivity contribution in [2.24, 2.45) is 5.92 Å². The second-order valence-corrected chi connectivity index (χ2v) is 6.39. The fraction of sp³-hybridized carbons (Fsp3) is 0.389. The van der Waals surface area contributed by atoms with Gasteiger partial charge in [0.25, 0.3) is 5.91 Å². The number of carboxylic acids is 1. The lowest BCUT2D eigenvalue weighted by molar-refractivity contribution is -0.139. The van der Waals surface area contributed by atoms with E-state index in [4.69, 9.17) is 0 Å². The van der Waals surface area contributed by atoms with E-state index in [0.29, 0.717) is 17.7 Å². The molecule has 0 spiro atoms. The molecule has 24 heavy (non-hydrogen) atoms. The molecule has 1 aromatic carbocycles. The first-order valence-corrected chi connectivity index (χ1v) is 7.95. The van der Waals surface area contributed by atoms with Crippen LogP contribution in [-0.2, 0) is 4.79 Å². The monoisotopic (exact) mass is 329 g/mol. The summed E-state index contributed by atoms with van der Waals surface area (Å²) in [6, 6.07) is 6.89. The van der Waals surface area contributed by atoms with E-state index in [0.717, 1.165) is 11.3 Å². The first-order valence-electron chi connectivity index (χ1n) is 7.95. The molecule has 1 amide bonds. The van der Waals surface area contributed by atoms with Crippen molar-refractivity contribution in [3.63, 3.8) is 0 Å². The molecule has 6 nitrogen and oxygen atoms in total. The number of nitrogens with zero attached hydrogens (tertiary/aromatic N) is 2. The zero-order valence-electron chi connectivity index (χ0n) is 14.4. The van der Waals surface area contributed by atoms with Gasteiger partial charge in [0.1, 0.15) is 6.04 Å². The Labute approximate surface area is 141 Å². The molecule has 0 aliphatic heterocycles. The number of hydrogen-bond acceptors (Lipinski definition) is 3. The van der Waals surface area contributed by atoms with Crippen molar-refractivity contribution in [3.8, 4) is 5.69 Å². The Balaban J connectivity index is 2.23. The first-order chi connectivity index (χ1) is 11.3. The van der Waals surface area contributed by atoms with E-state index in [1.54, 1.807) is 11.6 Å². The maximum Gasteiger partial charge on any atom is 0.326 e. The van der Waals surface area contributed by atoms with Gasteiger partial charge in [-0.1, -0.05) is 26.0 Å². The number of benzene rings is 1. The molecule has 0 aliphatic carbocycles. The number of carboxylic acid groups (broad SMARTS) is 1. The van der Waals surface area contributed by atoms with Crippen molar-refractivity contribution < 1.29 is 14.7 Å². The first kappa shape index (κ1) is 17.7. The van der Waals surface area contributed by atoms with Crippen molar-refractivity contribution in [2.75, 3.05) is 0 Å². The summed E-state index contributed by atoms with van der Waals surface area (Å²) in [5.41, 5.74) is 3.01. The lowest BCUT2D eigenvalue weighted by Crippen LogP contribution is -2.41. The summed E-state index contributed by atoms with van der Waals surface area (Å²) in [6.45, 7) is 7.62. The van der Waals surface area contributed by atoms with Crippen LogP contribution < -0.4 is 5.32 Å². The summed E-state index contributed by atoms with van der Waals surface area (Å²) in [5, 5.41) is 16.1. The van der Waals surface area contributed by atoms with Crippen LogP contribution >= 0.6 is 0 Å². The number of nitrogens with one attached hydrogen (secondary N) is 1. The number of hydrogen-bond donors (Lipinski definition) is 2. The van der Waals surface area contributed by atoms with E-state index in [9.17, 15) is 14.7 Å². The fourth-order valence-electron chi connectivity index (χ4n) is 2.58. The number of amides is 1. The molecule has 1 aromatic heterocycles. The van der Waals surface area contributed by atoms with Crippen LogP contribution in [0.25, 0.3) is 5.69 Å². The van der Waals surface area contributed by atoms with Gasteiger partial charge >= 0.3 is 5.97 Å². The highest BCUT2D eigenvalue weighted by Gasteiger charge is 2.24. The lowest BCUT2D eigenvalue weighted by Gasteiger charge is -2.16. The summed E-state index contributed by atoms with van der Waals surface area (Å²) in [5.74, 6) is -1.28. The Morgan fingerprint density at radius 1 is 1.29 bits per heavy atom. The maximum absolute atomic E-state index is 12.4. The summed E-state index contributed by atoms with van der Waals surface area (Å²) < 4.78 is 1.68. The summed E-state index contributed by atoms with van der Waals surface area (Å²) in [4.78, 5) is 23.8. The molecule has 0 radical (unpaired) electrons. The molecule has 0 saturated carbocycles.